The molecule has 6 heteroatoms. The van der Waals surface area contributed by atoms with Gasteiger partial charge in [0.25, 0.3) is 0 Å². The fourth-order valence-corrected chi connectivity index (χ4v) is 1.75. The van der Waals surface area contributed by atoms with Crippen molar-refractivity contribution < 1.29 is 18.7 Å². The maximum absolute atomic E-state index is 13.1. The van der Waals surface area contributed by atoms with Crippen molar-refractivity contribution in [1.82, 2.24) is 0 Å². The van der Waals surface area contributed by atoms with Gasteiger partial charge in [-0.15, -0.1) is 11.8 Å². The second-order valence-electron chi connectivity index (χ2n) is 2.76. The van der Waals surface area contributed by atoms with Crippen molar-refractivity contribution in [2.75, 3.05) is 6.54 Å². The molecule has 1 aromatic carbocycles. The summed E-state index contributed by atoms with van der Waals surface area (Å²) in [4.78, 5) is 10.7. The first-order valence-electron chi connectivity index (χ1n) is 4.09. The minimum absolute atomic E-state index is 0.0780. The molecule has 3 nitrogen and oxygen atoms in total. The fraction of sp³-hybridized carbons (Fsp3) is 0.222. The molecule has 0 aliphatic carbocycles. The third-order valence-corrected chi connectivity index (χ3v) is 2.92. The molecule has 1 rings (SSSR count). The summed E-state index contributed by atoms with van der Waals surface area (Å²) in [5.74, 6) is -2.60. The predicted molar refractivity (Wildman–Crippen MR) is 52.7 cm³/mol. The zero-order valence-electron chi connectivity index (χ0n) is 7.61. The first kappa shape index (κ1) is 11.9. The van der Waals surface area contributed by atoms with Crippen molar-refractivity contribution in [1.29, 1.82) is 0 Å². The summed E-state index contributed by atoms with van der Waals surface area (Å²) in [5, 5.41) is 7.76. The van der Waals surface area contributed by atoms with Crippen LogP contribution >= 0.6 is 11.8 Å². The highest BCUT2D eigenvalue weighted by atomic mass is 32.2. The largest absolute Gasteiger partial charge is 0.480 e. The molecule has 3 N–H and O–H groups in total. The van der Waals surface area contributed by atoms with Gasteiger partial charge in [0.15, 0.2) is 0 Å². The Kier molecular flexibility index (Phi) is 4.05. The molecule has 0 amide bonds. The van der Waals surface area contributed by atoms with Crippen LogP contribution in [0, 0.1) is 11.6 Å². The minimum atomic E-state index is -1.12. The van der Waals surface area contributed by atoms with Crippen LogP contribution in [0.5, 0.6) is 0 Å². The molecule has 1 aromatic rings. The normalized spacial score (nSPS) is 12.5. The molecule has 0 saturated heterocycles. The summed E-state index contributed by atoms with van der Waals surface area (Å²) in [5.41, 5.74) is 5.20. The highest BCUT2D eigenvalue weighted by Gasteiger charge is 2.18. The molecule has 0 bridgehead atoms. The third-order valence-electron chi connectivity index (χ3n) is 1.65. The van der Waals surface area contributed by atoms with Gasteiger partial charge in [-0.25, -0.2) is 8.78 Å². The molecule has 0 radical (unpaired) electrons. The van der Waals surface area contributed by atoms with E-state index >= 15 is 0 Å². The fourth-order valence-electron chi connectivity index (χ4n) is 0.923. The van der Waals surface area contributed by atoms with E-state index in [1.165, 1.54) is 6.07 Å². The summed E-state index contributed by atoms with van der Waals surface area (Å²) in [7, 11) is 0. The zero-order valence-corrected chi connectivity index (χ0v) is 8.43. The minimum Gasteiger partial charge on any atom is -0.480 e. The van der Waals surface area contributed by atoms with Crippen LogP contribution in [0.15, 0.2) is 23.1 Å². The van der Waals surface area contributed by atoms with Gasteiger partial charge in [-0.1, -0.05) is 0 Å². The van der Waals surface area contributed by atoms with E-state index in [9.17, 15) is 13.6 Å². The van der Waals surface area contributed by atoms with Crippen molar-refractivity contribution in [3.63, 3.8) is 0 Å². The number of rotatable bonds is 4. The van der Waals surface area contributed by atoms with Crippen LogP contribution in [-0.4, -0.2) is 22.9 Å². The molecule has 1 atom stereocenters. The summed E-state index contributed by atoms with van der Waals surface area (Å²) in [6.45, 7) is -0.114. The van der Waals surface area contributed by atoms with Gasteiger partial charge in [-0.05, 0) is 12.1 Å². The van der Waals surface area contributed by atoms with Crippen molar-refractivity contribution >= 4 is 17.7 Å². The molecule has 0 fully saturated rings. The van der Waals surface area contributed by atoms with Gasteiger partial charge in [0.05, 0.1) is 0 Å². The number of hydrogen-bond acceptors (Lipinski definition) is 3. The number of carboxylic acids is 1. The molecular weight excluding hydrogens is 224 g/mol. The number of carbonyl (C=O) groups is 1. The molecule has 1 unspecified atom stereocenters. The van der Waals surface area contributed by atoms with Crippen molar-refractivity contribution in [3.8, 4) is 0 Å². The Morgan fingerprint density at radius 1 is 1.53 bits per heavy atom. The molecular formula is C9H9F2NO2S. The monoisotopic (exact) mass is 233 g/mol. The molecule has 82 valence electrons. The topological polar surface area (TPSA) is 63.3 Å². The lowest BCUT2D eigenvalue weighted by molar-refractivity contribution is -0.136. The lowest BCUT2D eigenvalue weighted by Gasteiger charge is -2.09. The highest BCUT2D eigenvalue weighted by molar-refractivity contribution is 8.00. The number of aliphatic carboxylic acids is 1. The maximum atomic E-state index is 13.1. The first-order chi connectivity index (χ1) is 7.04. The number of benzene rings is 1. The van der Waals surface area contributed by atoms with E-state index in [0.29, 0.717) is 6.07 Å². The van der Waals surface area contributed by atoms with Crippen LogP contribution in [0.3, 0.4) is 0 Å². The molecule has 0 aliphatic rings. The zero-order chi connectivity index (χ0) is 11.4. The van der Waals surface area contributed by atoms with E-state index in [-0.39, 0.29) is 11.4 Å². The number of nitrogens with two attached hydrogens (primary N) is 1. The van der Waals surface area contributed by atoms with Gasteiger partial charge in [0.2, 0.25) is 0 Å². The van der Waals surface area contributed by atoms with E-state index in [0.717, 1.165) is 17.8 Å². The van der Waals surface area contributed by atoms with Crippen molar-refractivity contribution in [3.05, 3.63) is 29.8 Å². The molecule has 0 aliphatic heterocycles. The van der Waals surface area contributed by atoms with E-state index < -0.39 is 22.9 Å². The van der Waals surface area contributed by atoms with Gasteiger partial charge in [0.1, 0.15) is 16.9 Å². The quantitative estimate of drug-likeness (QED) is 0.773. The average molecular weight is 233 g/mol. The van der Waals surface area contributed by atoms with E-state index in [2.05, 4.69) is 0 Å². The van der Waals surface area contributed by atoms with Gasteiger partial charge >= 0.3 is 5.97 Å². The molecule has 0 heterocycles. The van der Waals surface area contributed by atoms with E-state index in [4.69, 9.17) is 10.8 Å². The van der Waals surface area contributed by atoms with Gasteiger partial charge in [-0.2, -0.15) is 0 Å². The number of carboxylic acid groups (broad SMARTS) is 1. The van der Waals surface area contributed by atoms with Crippen LogP contribution < -0.4 is 5.73 Å². The molecule has 15 heavy (non-hydrogen) atoms. The summed E-state index contributed by atoms with van der Waals surface area (Å²) in [6, 6.07) is 2.97. The second-order valence-corrected chi connectivity index (χ2v) is 4.00. The van der Waals surface area contributed by atoms with Gasteiger partial charge in [0, 0.05) is 17.5 Å². The molecule has 0 spiro atoms. The van der Waals surface area contributed by atoms with Crippen LogP contribution in [0.4, 0.5) is 8.78 Å². The summed E-state index contributed by atoms with van der Waals surface area (Å²) >= 11 is 0.766. The van der Waals surface area contributed by atoms with E-state index in [1.54, 1.807) is 0 Å². The van der Waals surface area contributed by atoms with Crippen molar-refractivity contribution in [2.45, 2.75) is 10.1 Å². The lowest BCUT2D eigenvalue weighted by atomic mass is 10.3. The molecule has 0 aromatic heterocycles. The highest BCUT2D eigenvalue weighted by Crippen LogP contribution is 2.26. The van der Waals surface area contributed by atoms with Gasteiger partial charge < -0.3 is 10.8 Å². The SMILES string of the molecule is NCC(Sc1ccc(F)cc1F)C(=O)O. The molecule has 0 saturated carbocycles. The Balaban J connectivity index is 2.84. The Morgan fingerprint density at radius 2 is 2.20 bits per heavy atom. The average Bonchev–Trinajstić information content (AvgIpc) is 2.16. The number of hydrogen-bond donors (Lipinski definition) is 2. The lowest BCUT2D eigenvalue weighted by Crippen LogP contribution is -2.25. The third kappa shape index (κ3) is 3.17. The predicted octanol–water partition coefficient (Wildman–Crippen LogP) is 1.47. The Morgan fingerprint density at radius 3 is 2.67 bits per heavy atom. The van der Waals surface area contributed by atoms with E-state index in [1.807, 2.05) is 0 Å². The summed E-state index contributed by atoms with van der Waals surface area (Å²) < 4.78 is 25.7. The van der Waals surface area contributed by atoms with Crippen molar-refractivity contribution in [2.24, 2.45) is 5.73 Å². The summed E-state index contributed by atoms with van der Waals surface area (Å²) in [6.07, 6.45) is 0. The van der Waals surface area contributed by atoms with Crippen LogP contribution in [0.1, 0.15) is 0 Å². The van der Waals surface area contributed by atoms with Crippen LogP contribution in [0.2, 0.25) is 0 Å². The first-order valence-corrected chi connectivity index (χ1v) is 4.97. The van der Waals surface area contributed by atoms with Crippen LogP contribution in [0.25, 0.3) is 0 Å². The maximum Gasteiger partial charge on any atom is 0.318 e. The smallest absolute Gasteiger partial charge is 0.318 e. The number of thioether (sulfide) groups is 1. The standard InChI is InChI=1S/C9H9F2NO2S/c10-5-1-2-7(6(11)3-5)15-8(4-12)9(13)14/h1-3,8H,4,12H2,(H,13,14). The number of halogens is 2. The second kappa shape index (κ2) is 5.09. The van der Waals surface area contributed by atoms with Gasteiger partial charge in [-0.3, -0.25) is 4.79 Å². The Bertz CT molecular complexity index is 373. The Labute approximate surface area is 89.3 Å². The van der Waals surface area contributed by atoms with Crippen LogP contribution in [-0.2, 0) is 4.79 Å². The Hall–Kier alpha value is -1.14.